The SMILES string of the molecule is Cc1nc(-c2ccc(Cl)s2)c(CN)s1. The number of hydrogen-bond donors (Lipinski definition) is 1. The molecule has 0 spiro atoms. The molecule has 2 N–H and O–H groups in total. The lowest BCUT2D eigenvalue weighted by molar-refractivity contribution is 1.10. The number of nitrogens with zero attached hydrogens (tertiary/aromatic N) is 1. The zero-order chi connectivity index (χ0) is 10.1. The van der Waals surface area contributed by atoms with Crippen LogP contribution in [0.3, 0.4) is 0 Å². The van der Waals surface area contributed by atoms with Gasteiger partial charge >= 0.3 is 0 Å². The minimum absolute atomic E-state index is 0.538. The molecule has 2 aromatic rings. The smallest absolute Gasteiger partial charge is 0.0959 e. The molecule has 0 saturated heterocycles. The fourth-order valence-corrected chi connectivity index (χ4v) is 3.20. The molecular weight excluding hydrogens is 236 g/mol. The third-order valence-electron chi connectivity index (χ3n) is 1.80. The highest BCUT2D eigenvalue weighted by Crippen LogP contribution is 2.34. The van der Waals surface area contributed by atoms with Gasteiger partial charge in [0.25, 0.3) is 0 Å². The Morgan fingerprint density at radius 1 is 1.43 bits per heavy atom. The van der Waals surface area contributed by atoms with Gasteiger partial charge in [0, 0.05) is 11.4 Å². The van der Waals surface area contributed by atoms with Crippen LogP contribution < -0.4 is 5.73 Å². The zero-order valence-electron chi connectivity index (χ0n) is 7.58. The Kier molecular flexibility index (Phi) is 2.88. The van der Waals surface area contributed by atoms with E-state index in [0.717, 1.165) is 24.8 Å². The number of aromatic nitrogens is 1. The van der Waals surface area contributed by atoms with Crippen LogP contribution in [-0.4, -0.2) is 4.98 Å². The molecule has 5 heteroatoms. The van der Waals surface area contributed by atoms with Crippen molar-refractivity contribution in [3.63, 3.8) is 0 Å². The molecule has 0 atom stereocenters. The minimum Gasteiger partial charge on any atom is -0.326 e. The van der Waals surface area contributed by atoms with Crippen molar-refractivity contribution < 1.29 is 0 Å². The van der Waals surface area contributed by atoms with Gasteiger partial charge in [0.2, 0.25) is 0 Å². The van der Waals surface area contributed by atoms with Gasteiger partial charge in [-0.05, 0) is 19.1 Å². The van der Waals surface area contributed by atoms with Crippen LogP contribution in [-0.2, 0) is 6.54 Å². The molecular formula is C9H9ClN2S2. The van der Waals surface area contributed by atoms with E-state index in [0.29, 0.717) is 6.54 Å². The van der Waals surface area contributed by atoms with Gasteiger partial charge in [-0.1, -0.05) is 11.6 Å². The van der Waals surface area contributed by atoms with E-state index in [4.69, 9.17) is 17.3 Å². The van der Waals surface area contributed by atoms with Crippen molar-refractivity contribution in [3.05, 3.63) is 26.4 Å². The standard InChI is InChI=1S/C9H9ClN2S2/c1-5-12-9(7(4-11)13-5)6-2-3-8(10)14-6/h2-3H,4,11H2,1H3. The molecule has 0 radical (unpaired) electrons. The molecule has 0 aliphatic carbocycles. The summed E-state index contributed by atoms with van der Waals surface area (Å²) in [5, 5.41) is 1.05. The number of halogens is 1. The fourth-order valence-electron chi connectivity index (χ4n) is 1.24. The molecule has 14 heavy (non-hydrogen) atoms. The van der Waals surface area contributed by atoms with Gasteiger partial charge in [-0.15, -0.1) is 22.7 Å². The number of nitrogens with two attached hydrogens (primary N) is 1. The van der Waals surface area contributed by atoms with E-state index in [2.05, 4.69) is 4.98 Å². The molecule has 74 valence electrons. The van der Waals surface area contributed by atoms with E-state index in [-0.39, 0.29) is 0 Å². The minimum atomic E-state index is 0.538. The molecule has 0 aliphatic rings. The van der Waals surface area contributed by atoms with E-state index < -0.39 is 0 Å². The lowest BCUT2D eigenvalue weighted by Gasteiger charge is -1.94. The molecule has 2 nitrogen and oxygen atoms in total. The fraction of sp³-hybridized carbons (Fsp3) is 0.222. The first-order chi connectivity index (χ1) is 6.70. The Hall–Kier alpha value is -0.420. The van der Waals surface area contributed by atoms with Gasteiger partial charge < -0.3 is 5.73 Å². The molecule has 0 unspecified atom stereocenters. The molecule has 0 saturated carbocycles. The summed E-state index contributed by atoms with van der Waals surface area (Å²) in [5.41, 5.74) is 6.64. The topological polar surface area (TPSA) is 38.9 Å². The third-order valence-corrected chi connectivity index (χ3v) is 4.03. The highest BCUT2D eigenvalue weighted by Gasteiger charge is 2.11. The van der Waals surface area contributed by atoms with E-state index in [9.17, 15) is 0 Å². The van der Waals surface area contributed by atoms with E-state index >= 15 is 0 Å². The summed E-state index contributed by atoms with van der Waals surface area (Å²) in [6.07, 6.45) is 0. The van der Waals surface area contributed by atoms with Crippen LogP contribution in [0.1, 0.15) is 9.88 Å². The highest BCUT2D eigenvalue weighted by atomic mass is 35.5. The maximum Gasteiger partial charge on any atom is 0.0959 e. The average Bonchev–Trinajstić information content (AvgIpc) is 2.71. The van der Waals surface area contributed by atoms with Crippen molar-refractivity contribution in [2.75, 3.05) is 0 Å². The van der Waals surface area contributed by atoms with Gasteiger partial charge in [-0.2, -0.15) is 0 Å². The van der Waals surface area contributed by atoms with Crippen LogP contribution in [0, 0.1) is 6.92 Å². The van der Waals surface area contributed by atoms with Gasteiger partial charge in [0.15, 0.2) is 0 Å². The number of thiophene rings is 1. The van der Waals surface area contributed by atoms with Crippen LogP contribution >= 0.6 is 34.3 Å². The van der Waals surface area contributed by atoms with Crippen molar-refractivity contribution in [2.24, 2.45) is 5.73 Å². The molecule has 2 rings (SSSR count). The van der Waals surface area contributed by atoms with Crippen LogP contribution in [0.25, 0.3) is 10.6 Å². The van der Waals surface area contributed by atoms with Gasteiger partial charge in [-0.3, -0.25) is 0 Å². The van der Waals surface area contributed by atoms with E-state index in [1.54, 1.807) is 11.3 Å². The largest absolute Gasteiger partial charge is 0.326 e. The van der Waals surface area contributed by atoms with Crippen LogP contribution in [0.4, 0.5) is 0 Å². The predicted octanol–water partition coefficient (Wildman–Crippen LogP) is 3.29. The molecule has 2 aromatic heterocycles. The van der Waals surface area contributed by atoms with Crippen molar-refractivity contribution >= 4 is 34.3 Å². The van der Waals surface area contributed by atoms with E-state index in [1.165, 1.54) is 11.3 Å². The summed E-state index contributed by atoms with van der Waals surface area (Å²) < 4.78 is 0.786. The molecule has 0 aromatic carbocycles. The summed E-state index contributed by atoms with van der Waals surface area (Å²) in [7, 11) is 0. The van der Waals surface area contributed by atoms with Crippen LogP contribution in [0.5, 0.6) is 0 Å². The average molecular weight is 245 g/mol. The van der Waals surface area contributed by atoms with Crippen LogP contribution in [0.2, 0.25) is 4.34 Å². The first-order valence-corrected chi connectivity index (χ1v) is 6.14. The molecule has 0 aliphatic heterocycles. The first-order valence-electron chi connectivity index (χ1n) is 4.13. The molecule has 0 fully saturated rings. The Balaban J connectivity index is 2.49. The maximum absolute atomic E-state index is 5.88. The third kappa shape index (κ3) is 1.83. The predicted molar refractivity (Wildman–Crippen MR) is 63.1 cm³/mol. The van der Waals surface area contributed by atoms with Crippen molar-refractivity contribution in [1.82, 2.24) is 4.98 Å². The Morgan fingerprint density at radius 3 is 2.79 bits per heavy atom. The Labute approximate surface area is 95.4 Å². The van der Waals surface area contributed by atoms with Crippen LogP contribution in [0.15, 0.2) is 12.1 Å². The number of rotatable bonds is 2. The van der Waals surface area contributed by atoms with Gasteiger partial charge in [0.05, 0.1) is 19.9 Å². The van der Waals surface area contributed by atoms with Crippen molar-refractivity contribution in [2.45, 2.75) is 13.5 Å². The van der Waals surface area contributed by atoms with Gasteiger partial charge in [-0.25, -0.2) is 4.98 Å². The second-order valence-electron chi connectivity index (χ2n) is 2.81. The normalized spacial score (nSPS) is 10.8. The Bertz CT molecular complexity index is 447. The van der Waals surface area contributed by atoms with Crippen molar-refractivity contribution in [3.8, 4) is 10.6 Å². The molecule has 0 bridgehead atoms. The monoisotopic (exact) mass is 244 g/mol. The summed E-state index contributed by atoms with van der Waals surface area (Å²) in [4.78, 5) is 6.68. The second kappa shape index (κ2) is 3.98. The zero-order valence-corrected chi connectivity index (χ0v) is 9.97. The van der Waals surface area contributed by atoms with Crippen molar-refractivity contribution in [1.29, 1.82) is 0 Å². The summed E-state index contributed by atoms with van der Waals surface area (Å²) in [5.74, 6) is 0. The lowest BCUT2D eigenvalue weighted by atomic mass is 10.3. The Morgan fingerprint density at radius 2 is 2.21 bits per heavy atom. The number of hydrogen-bond acceptors (Lipinski definition) is 4. The summed E-state index contributed by atoms with van der Waals surface area (Å²) in [6, 6.07) is 3.87. The highest BCUT2D eigenvalue weighted by molar-refractivity contribution is 7.19. The molecule has 2 heterocycles. The first kappa shape index (κ1) is 10.1. The summed E-state index contributed by atoms with van der Waals surface area (Å²) in [6.45, 7) is 2.53. The van der Waals surface area contributed by atoms with Gasteiger partial charge in [0.1, 0.15) is 0 Å². The lowest BCUT2D eigenvalue weighted by Crippen LogP contribution is -1.94. The number of thiazole rings is 1. The second-order valence-corrected chi connectivity index (χ2v) is 5.82. The maximum atomic E-state index is 5.88. The van der Waals surface area contributed by atoms with E-state index in [1.807, 2.05) is 19.1 Å². The molecule has 0 amide bonds. The summed E-state index contributed by atoms with van der Waals surface area (Å²) >= 11 is 9.06. The quantitative estimate of drug-likeness (QED) is 0.881. The number of aryl methyl sites for hydroxylation is 1.